The van der Waals surface area contributed by atoms with E-state index in [1.807, 2.05) is 20.8 Å². The molecular weight excluding hydrogens is 150 g/mol. The average Bonchev–Trinajstić information content (AvgIpc) is 2.71. The van der Waals surface area contributed by atoms with Gasteiger partial charge in [0.1, 0.15) is 0 Å². The van der Waals surface area contributed by atoms with Crippen LogP contribution in [-0.2, 0) is 4.79 Å². The van der Waals surface area contributed by atoms with Crippen molar-refractivity contribution in [2.75, 3.05) is 6.54 Å². The maximum Gasteiger partial charge on any atom is 0.152 e. The number of hydrogen-bond donors (Lipinski definition) is 1. The number of carbonyl (C=O) groups excluding carboxylic acids is 1. The molecule has 0 aliphatic heterocycles. The molecule has 0 bridgehead atoms. The molecule has 1 N–H and O–H groups in total. The molecule has 1 fully saturated rings. The van der Waals surface area contributed by atoms with Crippen molar-refractivity contribution >= 4 is 5.78 Å². The zero-order valence-electron chi connectivity index (χ0n) is 8.31. The normalized spacial score (nSPS) is 17.9. The molecule has 2 heteroatoms. The van der Waals surface area contributed by atoms with Gasteiger partial charge >= 0.3 is 0 Å². The lowest BCUT2D eigenvalue weighted by Gasteiger charge is -2.23. The van der Waals surface area contributed by atoms with Crippen molar-refractivity contribution in [3.05, 3.63) is 0 Å². The first-order valence-electron chi connectivity index (χ1n) is 4.84. The van der Waals surface area contributed by atoms with E-state index in [0.717, 1.165) is 13.0 Å². The lowest BCUT2D eigenvalue weighted by atomic mass is 9.95. The van der Waals surface area contributed by atoms with Crippen LogP contribution >= 0.6 is 0 Å². The average molecular weight is 169 g/mol. The van der Waals surface area contributed by atoms with Gasteiger partial charge in [-0.2, -0.15) is 0 Å². The van der Waals surface area contributed by atoms with Gasteiger partial charge in [-0.15, -0.1) is 0 Å². The predicted octanol–water partition coefficient (Wildman–Crippen LogP) is 1.74. The topological polar surface area (TPSA) is 29.1 Å². The zero-order valence-corrected chi connectivity index (χ0v) is 8.31. The highest BCUT2D eigenvalue weighted by Gasteiger charge is 2.32. The Labute approximate surface area is 74.7 Å². The maximum atomic E-state index is 11.6. The number of nitrogens with one attached hydrogen (secondary N) is 1. The quantitative estimate of drug-likeness (QED) is 0.679. The summed E-state index contributed by atoms with van der Waals surface area (Å²) in [6.45, 7) is 6.85. The van der Waals surface area contributed by atoms with Crippen molar-refractivity contribution in [2.24, 2.45) is 5.92 Å². The van der Waals surface area contributed by atoms with E-state index in [0.29, 0.717) is 11.7 Å². The van der Waals surface area contributed by atoms with E-state index in [-0.39, 0.29) is 5.54 Å². The molecule has 0 aromatic heterocycles. The van der Waals surface area contributed by atoms with E-state index >= 15 is 0 Å². The first-order chi connectivity index (χ1) is 5.56. The monoisotopic (exact) mass is 169 g/mol. The predicted molar refractivity (Wildman–Crippen MR) is 50.1 cm³/mol. The molecule has 1 aliphatic rings. The van der Waals surface area contributed by atoms with Crippen LogP contribution in [0, 0.1) is 5.92 Å². The van der Waals surface area contributed by atoms with E-state index in [1.54, 1.807) is 0 Å². The fourth-order valence-corrected chi connectivity index (χ4v) is 1.38. The molecule has 0 atom stereocenters. The smallest absolute Gasteiger partial charge is 0.152 e. The Bertz CT molecular complexity index is 171. The Morgan fingerprint density at radius 3 is 2.50 bits per heavy atom. The van der Waals surface area contributed by atoms with Crippen LogP contribution in [-0.4, -0.2) is 17.9 Å². The van der Waals surface area contributed by atoms with Crippen LogP contribution in [0.15, 0.2) is 0 Å². The summed E-state index contributed by atoms with van der Waals surface area (Å²) in [6.07, 6.45) is 3.29. The van der Waals surface area contributed by atoms with Crippen LogP contribution in [0.5, 0.6) is 0 Å². The fourth-order valence-electron chi connectivity index (χ4n) is 1.38. The Morgan fingerprint density at radius 2 is 2.08 bits per heavy atom. The summed E-state index contributed by atoms with van der Waals surface area (Å²) in [5.41, 5.74) is -0.308. The fraction of sp³-hybridized carbons (Fsp3) is 0.900. The number of hydrogen-bond acceptors (Lipinski definition) is 2. The van der Waals surface area contributed by atoms with Crippen LogP contribution in [0.1, 0.15) is 40.0 Å². The van der Waals surface area contributed by atoms with Gasteiger partial charge in [0.15, 0.2) is 5.78 Å². The summed E-state index contributed by atoms with van der Waals surface area (Å²) < 4.78 is 0. The molecule has 0 amide bonds. The molecule has 1 aliphatic carbocycles. The van der Waals surface area contributed by atoms with E-state index in [1.165, 1.54) is 12.8 Å². The number of carbonyl (C=O) groups is 1. The number of likely N-dealkylation sites (N-methyl/N-ethyl adjacent to an activating group) is 1. The minimum Gasteiger partial charge on any atom is -0.306 e. The molecule has 0 radical (unpaired) electrons. The standard InChI is InChI=1S/C10H19NO/c1-4-11-10(2,3)9(12)7-8-5-6-8/h8,11H,4-7H2,1-3H3. The van der Waals surface area contributed by atoms with Crippen LogP contribution < -0.4 is 5.32 Å². The van der Waals surface area contributed by atoms with Gasteiger partial charge in [-0.25, -0.2) is 0 Å². The Morgan fingerprint density at radius 1 is 1.50 bits per heavy atom. The molecule has 0 aromatic rings. The number of rotatable bonds is 5. The molecule has 0 unspecified atom stereocenters. The Kier molecular flexibility index (Phi) is 2.89. The third kappa shape index (κ3) is 2.59. The van der Waals surface area contributed by atoms with Crippen molar-refractivity contribution < 1.29 is 4.79 Å². The summed E-state index contributed by atoms with van der Waals surface area (Å²) in [4.78, 5) is 11.6. The second kappa shape index (κ2) is 3.56. The highest BCUT2D eigenvalue weighted by atomic mass is 16.1. The van der Waals surface area contributed by atoms with Crippen LogP contribution in [0.4, 0.5) is 0 Å². The SMILES string of the molecule is CCNC(C)(C)C(=O)CC1CC1. The van der Waals surface area contributed by atoms with Crippen molar-refractivity contribution in [2.45, 2.75) is 45.6 Å². The molecule has 2 nitrogen and oxygen atoms in total. The van der Waals surface area contributed by atoms with E-state index in [2.05, 4.69) is 5.32 Å². The van der Waals surface area contributed by atoms with E-state index in [9.17, 15) is 4.79 Å². The number of Topliss-reactive ketones (excluding diaryl/α,β-unsaturated/α-hetero) is 1. The highest BCUT2D eigenvalue weighted by Crippen LogP contribution is 2.33. The summed E-state index contributed by atoms with van der Waals surface area (Å²) in [6, 6.07) is 0. The third-order valence-corrected chi connectivity index (χ3v) is 2.49. The molecule has 0 saturated heterocycles. The zero-order chi connectivity index (χ0) is 9.19. The summed E-state index contributed by atoms with van der Waals surface area (Å²) in [5.74, 6) is 1.07. The van der Waals surface area contributed by atoms with Crippen molar-refractivity contribution in [1.29, 1.82) is 0 Å². The maximum absolute atomic E-state index is 11.6. The van der Waals surface area contributed by atoms with E-state index < -0.39 is 0 Å². The molecule has 70 valence electrons. The van der Waals surface area contributed by atoms with Crippen molar-refractivity contribution in [1.82, 2.24) is 5.32 Å². The largest absolute Gasteiger partial charge is 0.306 e. The summed E-state index contributed by atoms with van der Waals surface area (Å²) in [5, 5.41) is 3.21. The molecule has 0 spiro atoms. The first-order valence-corrected chi connectivity index (χ1v) is 4.84. The molecule has 0 heterocycles. The van der Waals surface area contributed by atoms with Crippen LogP contribution in [0.25, 0.3) is 0 Å². The second-order valence-electron chi connectivity index (χ2n) is 4.23. The summed E-state index contributed by atoms with van der Waals surface area (Å²) >= 11 is 0. The van der Waals surface area contributed by atoms with Crippen LogP contribution in [0.2, 0.25) is 0 Å². The van der Waals surface area contributed by atoms with Gasteiger partial charge < -0.3 is 5.32 Å². The van der Waals surface area contributed by atoms with Gasteiger partial charge in [0.2, 0.25) is 0 Å². The molecule has 12 heavy (non-hydrogen) atoms. The van der Waals surface area contributed by atoms with Crippen molar-refractivity contribution in [3.8, 4) is 0 Å². The summed E-state index contributed by atoms with van der Waals surface area (Å²) in [7, 11) is 0. The molecule has 1 rings (SSSR count). The van der Waals surface area contributed by atoms with Crippen molar-refractivity contribution in [3.63, 3.8) is 0 Å². The molecule has 1 saturated carbocycles. The Hall–Kier alpha value is -0.370. The molecule has 0 aromatic carbocycles. The first kappa shape index (κ1) is 9.72. The third-order valence-electron chi connectivity index (χ3n) is 2.49. The minimum absolute atomic E-state index is 0.308. The Balaban J connectivity index is 2.36. The highest BCUT2D eigenvalue weighted by molar-refractivity contribution is 5.87. The van der Waals surface area contributed by atoms with Gasteiger partial charge in [0, 0.05) is 6.42 Å². The minimum atomic E-state index is -0.308. The number of ketones is 1. The lowest BCUT2D eigenvalue weighted by Crippen LogP contribution is -2.46. The van der Waals surface area contributed by atoms with Gasteiger partial charge in [-0.3, -0.25) is 4.79 Å². The second-order valence-corrected chi connectivity index (χ2v) is 4.23. The van der Waals surface area contributed by atoms with Crippen LogP contribution in [0.3, 0.4) is 0 Å². The van der Waals surface area contributed by atoms with E-state index in [4.69, 9.17) is 0 Å². The lowest BCUT2D eigenvalue weighted by molar-refractivity contribution is -0.124. The van der Waals surface area contributed by atoms with Gasteiger partial charge in [-0.05, 0) is 39.2 Å². The van der Waals surface area contributed by atoms with Gasteiger partial charge in [-0.1, -0.05) is 6.92 Å². The van der Waals surface area contributed by atoms with Gasteiger partial charge in [0.25, 0.3) is 0 Å². The molecular formula is C10H19NO. The van der Waals surface area contributed by atoms with Gasteiger partial charge in [0.05, 0.1) is 5.54 Å².